The van der Waals surface area contributed by atoms with Crippen LogP contribution in [-0.4, -0.2) is 24.6 Å². The molecule has 0 heterocycles. The summed E-state index contributed by atoms with van der Waals surface area (Å²) in [7, 11) is 0. The maximum absolute atomic E-state index is 11.4. The smallest absolute Gasteiger partial charge is 0.377 e. The van der Waals surface area contributed by atoms with Crippen molar-refractivity contribution in [3.8, 4) is 0 Å². The molecule has 2 atom stereocenters. The fourth-order valence-electron chi connectivity index (χ4n) is 0.462. The summed E-state index contributed by atoms with van der Waals surface area (Å²) in [5, 5.41) is 20.0. The molecule has 8 heteroatoms. The Balaban J connectivity index is 4.15. The third-order valence-electron chi connectivity index (χ3n) is 1.16. The van der Waals surface area contributed by atoms with E-state index >= 15 is 0 Å². The SMILES string of the molecule is [O-]C(CC([O-])C(F)(F)F)C(F)(F)F. The van der Waals surface area contributed by atoms with Crippen molar-refractivity contribution in [1.82, 2.24) is 0 Å². The van der Waals surface area contributed by atoms with Crippen LogP contribution in [0.1, 0.15) is 6.42 Å². The van der Waals surface area contributed by atoms with Crippen LogP contribution in [-0.2, 0) is 0 Å². The summed E-state index contributed by atoms with van der Waals surface area (Å²) < 4.78 is 68.3. The molecule has 0 aliphatic heterocycles. The lowest BCUT2D eigenvalue weighted by Crippen LogP contribution is -2.50. The van der Waals surface area contributed by atoms with E-state index in [0.29, 0.717) is 0 Å². The minimum Gasteiger partial charge on any atom is -0.846 e. The van der Waals surface area contributed by atoms with Gasteiger partial charge in [-0.05, 0) is 12.2 Å². The number of halogens is 6. The van der Waals surface area contributed by atoms with Crippen molar-refractivity contribution >= 4 is 0 Å². The van der Waals surface area contributed by atoms with Gasteiger partial charge in [0.25, 0.3) is 0 Å². The molecule has 0 aliphatic carbocycles. The highest BCUT2D eigenvalue weighted by Gasteiger charge is 2.37. The third kappa shape index (κ3) is 4.32. The van der Waals surface area contributed by atoms with Crippen LogP contribution in [0.4, 0.5) is 26.3 Å². The molecule has 2 nitrogen and oxygen atoms in total. The summed E-state index contributed by atoms with van der Waals surface area (Å²) in [5.74, 6) is 0. The van der Waals surface area contributed by atoms with Gasteiger partial charge in [0.2, 0.25) is 0 Å². The topological polar surface area (TPSA) is 46.1 Å². The maximum Gasteiger partial charge on any atom is 0.377 e. The van der Waals surface area contributed by atoms with Gasteiger partial charge in [-0.3, -0.25) is 0 Å². The number of rotatable bonds is 2. The molecule has 0 aromatic carbocycles. The fraction of sp³-hybridized carbons (Fsp3) is 1.00. The Morgan fingerprint density at radius 3 is 1.15 bits per heavy atom. The van der Waals surface area contributed by atoms with Gasteiger partial charge >= 0.3 is 12.4 Å². The Morgan fingerprint density at radius 2 is 1.00 bits per heavy atom. The van der Waals surface area contributed by atoms with Gasteiger partial charge in [-0.2, -0.15) is 26.3 Å². The third-order valence-corrected chi connectivity index (χ3v) is 1.16. The first-order valence-corrected chi connectivity index (χ1v) is 3.00. The van der Waals surface area contributed by atoms with Gasteiger partial charge in [0.1, 0.15) is 0 Å². The van der Waals surface area contributed by atoms with Gasteiger partial charge in [0.15, 0.2) is 0 Å². The predicted molar refractivity (Wildman–Crippen MR) is 24.3 cm³/mol. The first-order valence-electron chi connectivity index (χ1n) is 3.00. The van der Waals surface area contributed by atoms with Crippen molar-refractivity contribution in [1.29, 1.82) is 0 Å². The molecule has 0 spiro atoms. The zero-order valence-electron chi connectivity index (χ0n) is 5.95. The molecule has 0 rings (SSSR count). The Morgan fingerprint density at radius 1 is 0.769 bits per heavy atom. The molecule has 0 saturated heterocycles. The van der Waals surface area contributed by atoms with Crippen LogP contribution >= 0.6 is 0 Å². The molecule has 80 valence electrons. The van der Waals surface area contributed by atoms with Crippen LogP contribution in [0.25, 0.3) is 0 Å². The Labute approximate surface area is 68.8 Å². The summed E-state index contributed by atoms with van der Waals surface area (Å²) in [5.41, 5.74) is 0. The minimum absolute atomic E-state index is 2.02. The van der Waals surface area contributed by atoms with Crippen molar-refractivity contribution in [2.75, 3.05) is 0 Å². The average Bonchev–Trinajstić information content (AvgIpc) is 1.82. The molecule has 0 saturated carbocycles. The van der Waals surface area contributed by atoms with E-state index in [4.69, 9.17) is 0 Å². The maximum atomic E-state index is 11.4. The average molecular weight is 210 g/mol. The number of alkyl halides is 6. The van der Waals surface area contributed by atoms with E-state index < -0.39 is 31.0 Å². The minimum atomic E-state index is -5.30. The first kappa shape index (κ1) is 12.5. The number of hydrogen-bond acceptors (Lipinski definition) is 2. The van der Waals surface area contributed by atoms with Crippen molar-refractivity contribution in [3.63, 3.8) is 0 Å². The molecule has 0 amide bonds. The van der Waals surface area contributed by atoms with Gasteiger partial charge in [0.05, 0.1) is 0 Å². The zero-order valence-corrected chi connectivity index (χ0v) is 5.95. The fourth-order valence-corrected chi connectivity index (χ4v) is 0.462. The van der Waals surface area contributed by atoms with E-state index in [-0.39, 0.29) is 0 Å². The van der Waals surface area contributed by atoms with Gasteiger partial charge in [-0.15, -0.1) is 0 Å². The highest BCUT2D eigenvalue weighted by atomic mass is 19.4. The summed E-state index contributed by atoms with van der Waals surface area (Å²) in [6, 6.07) is 0. The van der Waals surface area contributed by atoms with Gasteiger partial charge < -0.3 is 10.2 Å². The second-order valence-corrected chi connectivity index (χ2v) is 2.30. The highest BCUT2D eigenvalue weighted by molar-refractivity contribution is 4.72. The highest BCUT2D eigenvalue weighted by Crippen LogP contribution is 2.26. The van der Waals surface area contributed by atoms with Crippen LogP contribution in [0.3, 0.4) is 0 Å². The molecule has 0 aromatic heterocycles. The van der Waals surface area contributed by atoms with Crippen molar-refractivity contribution in [3.05, 3.63) is 0 Å². The van der Waals surface area contributed by atoms with E-state index in [1.54, 1.807) is 0 Å². The second kappa shape index (κ2) is 3.70. The van der Waals surface area contributed by atoms with E-state index in [9.17, 15) is 36.6 Å². The largest absolute Gasteiger partial charge is 0.846 e. The molecule has 0 aromatic rings. The molecular formula is C5H4F6O2-2. The van der Waals surface area contributed by atoms with Gasteiger partial charge in [0, 0.05) is 0 Å². The molecule has 0 bridgehead atoms. The van der Waals surface area contributed by atoms with Crippen molar-refractivity contribution in [2.45, 2.75) is 31.0 Å². The summed E-state index contributed by atoms with van der Waals surface area (Å²) in [4.78, 5) is 0. The molecule has 0 radical (unpaired) electrons. The van der Waals surface area contributed by atoms with Crippen molar-refractivity contribution < 1.29 is 36.6 Å². The Kier molecular flexibility index (Phi) is 3.56. The molecule has 0 fully saturated rings. The molecular weight excluding hydrogens is 206 g/mol. The van der Waals surface area contributed by atoms with Crippen LogP contribution in [0.2, 0.25) is 0 Å². The Bertz CT molecular complexity index is 143. The molecule has 0 aliphatic rings. The standard InChI is InChI=1S/C5H4F6O2/c6-4(7,8)2(12)1-3(13)5(9,10)11/h2-3H,1H2/q-2. The van der Waals surface area contributed by atoms with Crippen LogP contribution < -0.4 is 10.2 Å². The summed E-state index contributed by atoms with van der Waals surface area (Å²) in [6.07, 6.45) is -19.6. The second-order valence-electron chi connectivity index (χ2n) is 2.30. The Hall–Kier alpha value is -0.500. The first-order chi connectivity index (χ1) is 5.55. The van der Waals surface area contributed by atoms with Crippen LogP contribution in [0, 0.1) is 0 Å². The molecule has 2 unspecified atom stereocenters. The van der Waals surface area contributed by atoms with E-state index in [0.717, 1.165) is 0 Å². The normalized spacial score (nSPS) is 18.5. The van der Waals surface area contributed by atoms with Gasteiger partial charge in [-0.25, -0.2) is 0 Å². The molecule has 13 heavy (non-hydrogen) atoms. The lowest BCUT2D eigenvalue weighted by atomic mass is 10.1. The van der Waals surface area contributed by atoms with Crippen LogP contribution in [0.15, 0.2) is 0 Å². The number of hydrogen-bond donors (Lipinski definition) is 0. The quantitative estimate of drug-likeness (QED) is 0.600. The summed E-state index contributed by atoms with van der Waals surface area (Å²) in [6.45, 7) is 0. The zero-order chi connectivity index (χ0) is 10.9. The molecule has 0 N–H and O–H groups in total. The summed E-state index contributed by atoms with van der Waals surface area (Å²) >= 11 is 0. The van der Waals surface area contributed by atoms with E-state index in [2.05, 4.69) is 0 Å². The lowest BCUT2D eigenvalue weighted by Gasteiger charge is -2.33. The lowest BCUT2D eigenvalue weighted by molar-refractivity contribution is -0.527. The van der Waals surface area contributed by atoms with E-state index in [1.807, 2.05) is 0 Å². The van der Waals surface area contributed by atoms with E-state index in [1.165, 1.54) is 0 Å². The monoisotopic (exact) mass is 210 g/mol. The van der Waals surface area contributed by atoms with Crippen molar-refractivity contribution in [2.24, 2.45) is 0 Å². The predicted octanol–water partition coefficient (Wildman–Crippen LogP) is -0.0411. The van der Waals surface area contributed by atoms with Gasteiger partial charge in [-0.1, -0.05) is 6.42 Å². The van der Waals surface area contributed by atoms with Crippen LogP contribution in [0.5, 0.6) is 0 Å².